The summed E-state index contributed by atoms with van der Waals surface area (Å²) in [6.07, 6.45) is 15.8. The van der Waals surface area contributed by atoms with E-state index >= 15 is 0 Å². The molecule has 4 aliphatic carbocycles. The van der Waals surface area contributed by atoms with Crippen molar-refractivity contribution in [2.45, 2.75) is 111 Å². The average Bonchev–Trinajstić information content (AvgIpc) is 3.06. The zero-order valence-electron chi connectivity index (χ0n) is 19.7. The predicted octanol–water partition coefficient (Wildman–Crippen LogP) is 6.44. The molecule has 0 heterocycles. The number of aliphatic hydroxyl groups is 2. The molecule has 0 aliphatic heterocycles. The van der Waals surface area contributed by atoms with Crippen LogP contribution in [0.2, 0.25) is 0 Å². The molecule has 0 radical (unpaired) electrons. The Morgan fingerprint density at radius 3 is 2.45 bits per heavy atom. The zero-order chi connectivity index (χ0) is 20.8. The summed E-state index contributed by atoms with van der Waals surface area (Å²) >= 11 is 0. The second kappa shape index (κ2) is 8.45. The summed E-state index contributed by atoms with van der Waals surface area (Å²) in [5.41, 5.74) is 0.735. The van der Waals surface area contributed by atoms with Crippen molar-refractivity contribution in [2.75, 3.05) is 6.61 Å². The van der Waals surface area contributed by atoms with Crippen LogP contribution < -0.4 is 0 Å². The molecule has 4 saturated carbocycles. The Kier molecular flexibility index (Phi) is 6.45. The summed E-state index contributed by atoms with van der Waals surface area (Å²) in [6, 6.07) is 0. The van der Waals surface area contributed by atoms with Gasteiger partial charge in [0.25, 0.3) is 0 Å². The minimum atomic E-state index is -0.0527. The van der Waals surface area contributed by atoms with E-state index in [1.165, 1.54) is 70.6 Å². The molecule has 2 N–H and O–H groups in total. The number of hydrogen-bond donors (Lipinski definition) is 2. The lowest BCUT2D eigenvalue weighted by Crippen LogP contribution is -2.57. The molecule has 10 atom stereocenters. The van der Waals surface area contributed by atoms with Crippen LogP contribution in [0.15, 0.2) is 0 Å². The van der Waals surface area contributed by atoms with Crippen LogP contribution in [0, 0.1) is 52.3 Å². The molecule has 0 saturated heterocycles. The van der Waals surface area contributed by atoms with E-state index in [0.717, 1.165) is 41.9 Å². The van der Waals surface area contributed by atoms with Crippen molar-refractivity contribution in [1.82, 2.24) is 0 Å². The van der Waals surface area contributed by atoms with Crippen LogP contribution in [0.5, 0.6) is 0 Å². The normalized spacial score (nSPS) is 49.0. The fraction of sp³-hybridized carbons (Fsp3) is 1.00. The van der Waals surface area contributed by atoms with Crippen LogP contribution >= 0.6 is 0 Å². The Labute approximate surface area is 180 Å². The molecule has 168 valence electrons. The first-order chi connectivity index (χ1) is 13.8. The average molecular weight is 405 g/mol. The second-order valence-corrected chi connectivity index (χ2v) is 12.4. The Morgan fingerprint density at radius 1 is 0.897 bits per heavy atom. The Hall–Kier alpha value is -0.0800. The van der Waals surface area contributed by atoms with E-state index in [1.54, 1.807) is 0 Å². The molecule has 0 spiro atoms. The Morgan fingerprint density at radius 2 is 1.69 bits per heavy atom. The van der Waals surface area contributed by atoms with Gasteiger partial charge in [-0.15, -0.1) is 0 Å². The lowest BCUT2D eigenvalue weighted by molar-refractivity contribution is -0.164. The molecular formula is C27H48O2. The van der Waals surface area contributed by atoms with Crippen LogP contribution in [-0.2, 0) is 0 Å². The van der Waals surface area contributed by atoms with Crippen molar-refractivity contribution in [2.24, 2.45) is 52.3 Å². The third-order valence-corrected chi connectivity index (χ3v) is 11.1. The third kappa shape index (κ3) is 3.63. The molecule has 0 bridgehead atoms. The summed E-state index contributed by atoms with van der Waals surface area (Å²) in [7, 11) is 0. The molecule has 0 amide bonds. The van der Waals surface area contributed by atoms with Gasteiger partial charge in [0.2, 0.25) is 0 Å². The van der Waals surface area contributed by atoms with Gasteiger partial charge >= 0.3 is 0 Å². The predicted molar refractivity (Wildman–Crippen MR) is 120 cm³/mol. The van der Waals surface area contributed by atoms with E-state index in [9.17, 15) is 10.2 Å². The van der Waals surface area contributed by atoms with Crippen LogP contribution in [-0.4, -0.2) is 22.9 Å². The summed E-state index contributed by atoms with van der Waals surface area (Å²) in [5, 5.41) is 20.4. The number of fused-ring (bicyclic) bond motifs is 5. The molecule has 4 fully saturated rings. The van der Waals surface area contributed by atoms with E-state index in [2.05, 4.69) is 27.7 Å². The van der Waals surface area contributed by atoms with E-state index in [0.29, 0.717) is 17.9 Å². The molecule has 2 unspecified atom stereocenters. The van der Waals surface area contributed by atoms with Gasteiger partial charge in [-0.1, -0.05) is 47.0 Å². The molecule has 2 nitrogen and oxygen atoms in total. The number of aliphatic hydroxyl groups excluding tert-OH is 2. The second-order valence-electron chi connectivity index (χ2n) is 12.4. The maximum Gasteiger partial charge on any atom is 0.0599 e. The van der Waals surface area contributed by atoms with Crippen molar-refractivity contribution in [1.29, 1.82) is 0 Å². The highest BCUT2D eigenvalue weighted by molar-refractivity contribution is 5.10. The standard InChI is InChI=1S/C27H48O2/c1-18(17-28)7-5-8-19(2)22-13-14-23-21-12-11-20-9-6-10-25(29)27(20,4)24(21)15-16-26(22,23)3/h18-25,28-29H,5-17H2,1-4H3/t18?,19-,20?,21+,22-,23+,24+,25+,26-,27+/m1/s1. The van der Waals surface area contributed by atoms with Crippen LogP contribution in [0.3, 0.4) is 0 Å². The minimum Gasteiger partial charge on any atom is -0.396 e. The minimum absolute atomic E-state index is 0.0527. The summed E-state index contributed by atoms with van der Waals surface area (Å²) in [6.45, 7) is 10.2. The van der Waals surface area contributed by atoms with Crippen molar-refractivity contribution >= 4 is 0 Å². The summed E-state index contributed by atoms with van der Waals surface area (Å²) in [4.78, 5) is 0. The van der Waals surface area contributed by atoms with Gasteiger partial charge in [0, 0.05) is 6.61 Å². The van der Waals surface area contributed by atoms with Gasteiger partial charge in [-0.3, -0.25) is 0 Å². The topological polar surface area (TPSA) is 40.5 Å². The fourth-order valence-corrected chi connectivity index (χ4v) is 9.37. The summed E-state index contributed by atoms with van der Waals surface area (Å²) in [5.74, 6) is 5.49. The highest BCUT2D eigenvalue weighted by Crippen LogP contribution is 2.68. The SMILES string of the molecule is CC(CO)CCC[C@@H](C)[C@H]1CC[C@H]2[C@@H]3CCC4CCC[C@H](O)[C@]4(C)[C@H]3CC[C@]12C. The molecule has 4 rings (SSSR count). The Balaban J connectivity index is 1.45. The van der Waals surface area contributed by atoms with Gasteiger partial charge in [0.1, 0.15) is 0 Å². The number of hydrogen-bond acceptors (Lipinski definition) is 2. The quantitative estimate of drug-likeness (QED) is 0.534. The highest BCUT2D eigenvalue weighted by Gasteiger charge is 2.61. The molecule has 2 heteroatoms. The molecule has 0 aromatic carbocycles. The molecule has 0 aromatic rings. The molecule has 0 aromatic heterocycles. The van der Waals surface area contributed by atoms with E-state index in [4.69, 9.17) is 0 Å². The fourth-order valence-electron chi connectivity index (χ4n) is 9.37. The molecular weight excluding hydrogens is 356 g/mol. The van der Waals surface area contributed by atoms with Crippen molar-refractivity contribution in [3.05, 3.63) is 0 Å². The maximum atomic E-state index is 11.1. The van der Waals surface area contributed by atoms with Crippen LogP contribution in [0.4, 0.5) is 0 Å². The zero-order valence-corrected chi connectivity index (χ0v) is 19.7. The van der Waals surface area contributed by atoms with Crippen LogP contribution in [0.1, 0.15) is 105 Å². The largest absolute Gasteiger partial charge is 0.396 e. The smallest absolute Gasteiger partial charge is 0.0599 e. The van der Waals surface area contributed by atoms with Gasteiger partial charge in [-0.25, -0.2) is 0 Å². The number of rotatable bonds is 6. The summed E-state index contributed by atoms with van der Waals surface area (Å²) < 4.78 is 0. The van der Waals surface area contributed by atoms with E-state index in [-0.39, 0.29) is 11.5 Å². The monoisotopic (exact) mass is 404 g/mol. The van der Waals surface area contributed by atoms with Gasteiger partial charge in [0.15, 0.2) is 0 Å². The lowest BCUT2D eigenvalue weighted by atomic mass is 9.44. The van der Waals surface area contributed by atoms with Crippen LogP contribution in [0.25, 0.3) is 0 Å². The van der Waals surface area contributed by atoms with E-state index < -0.39 is 0 Å². The third-order valence-electron chi connectivity index (χ3n) is 11.1. The van der Waals surface area contributed by atoms with Crippen molar-refractivity contribution in [3.63, 3.8) is 0 Å². The van der Waals surface area contributed by atoms with Gasteiger partial charge in [0.05, 0.1) is 6.10 Å². The van der Waals surface area contributed by atoms with Gasteiger partial charge < -0.3 is 10.2 Å². The highest BCUT2D eigenvalue weighted by atomic mass is 16.3. The van der Waals surface area contributed by atoms with Gasteiger partial charge in [-0.05, 0) is 110 Å². The Bertz CT molecular complexity index is 561. The lowest BCUT2D eigenvalue weighted by Gasteiger charge is -2.62. The first-order valence-corrected chi connectivity index (χ1v) is 13.1. The first-order valence-electron chi connectivity index (χ1n) is 13.1. The first kappa shape index (κ1) is 22.1. The van der Waals surface area contributed by atoms with Crippen molar-refractivity contribution < 1.29 is 10.2 Å². The molecule has 4 aliphatic rings. The molecule has 29 heavy (non-hydrogen) atoms. The maximum absolute atomic E-state index is 11.1. The van der Waals surface area contributed by atoms with Crippen molar-refractivity contribution in [3.8, 4) is 0 Å². The van der Waals surface area contributed by atoms with E-state index in [1.807, 2.05) is 0 Å². The van der Waals surface area contributed by atoms with Gasteiger partial charge in [-0.2, -0.15) is 0 Å².